The van der Waals surface area contributed by atoms with E-state index in [0.717, 1.165) is 5.56 Å². The molecule has 0 saturated carbocycles. The summed E-state index contributed by atoms with van der Waals surface area (Å²) in [6.45, 7) is 5.50. The Morgan fingerprint density at radius 2 is 1.87 bits per heavy atom. The van der Waals surface area contributed by atoms with Crippen molar-refractivity contribution in [3.05, 3.63) is 33.8 Å². The Morgan fingerprint density at radius 1 is 1.22 bits per heavy atom. The zero-order valence-corrected chi connectivity index (χ0v) is 16.9. The predicted molar refractivity (Wildman–Crippen MR) is 92.6 cm³/mol. The van der Waals surface area contributed by atoms with Gasteiger partial charge in [-0.15, -0.1) is 0 Å². The third kappa shape index (κ3) is 7.15. The van der Waals surface area contributed by atoms with Gasteiger partial charge in [-0.1, -0.05) is 0 Å². The van der Waals surface area contributed by atoms with Gasteiger partial charge in [0, 0.05) is 0 Å². The summed E-state index contributed by atoms with van der Waals surface area (Å²) in [6, 6.07) is 5.06. The van der Waals surface area contributed by atoms with Gasteiger partial charge in [-0.2, -0.15) is 0 Å². The van der Waals surface area contributed by atoms with Gasteiger partial charge < -0.3 is 0 Å². The first-order chi connectivity index (χ1) is 10.6. The fourth-order valence-electron chi connectivity index (χ4n) is 1.87. The van der Waals surface area contributed by atoms with Crippen LogP contribution in [0.15, 0.2) is 18.2 Å². The first-order valence-electron chi connectivity index (χ1n) is 7.07. The van der Waals surface area contributed by atoms with Crippen LogP contribution < -0.4 is 0 Å². The van der Waals surface area contributed by atoms with Crippen LogP contribution in [-0.4, -0.2) is 39.2 Å². The van der Waals surface area contributed by atoms with E-state index in [-0.39, 0.29) is 10.7 Å². The van der Waals surface area contributed by atoms with Crippen molar-refractivity contribution >= 4 is 49.7 Å². The van der Waals surface area contributed by atoms with Gasteiger partial charge in [0.2, 0.25) is 0 Å². The Hall–Kier alpha value is -0.702. The summed E-state index contributed by atoms with van der Waals surface area (Å²) in [7, 11) is 1.34. The van der Waals surface area contributed by atoms with Crippen molar-refractivity contribution in [2.75, 3.05) is 7.11 Å². The summed E-state index contributed by atoms with van der Waals surface area (Å²) in [4.78, 5) is 23.8. The van der Waals surface area contributed by atoms with E-state index < -0.39 is 27.3 Å². The van der Waals surface area contributed by atoms with Crippen LogP contribution in [0.3, 0.4) is 0 Å². The zero-order valence-electron chi connectivity index (χ0n) is 13.6. The second-order valence-corrected chi connectivity index (χ2v) is 9.08. The molecule has 0 aliphatic heterocycles. The van der Waals surface area contributed by atoms with E-state index in [1.807, 2.05) is 20.8 Å². The Labute approximate surface area is 153 Å². The molecule has 23 heavy (non-hydrogen) atoms. The van der Waals surface area contributed by atoms with Gasteiger partial charge in [0.05, 0.1) is 0 Å². The molecule has 0 saturated heterocycles. The second kappa shape index (κ2) is 8.96. The number of rotatable bonds is 6. The van der Waals surface area contributed by atoms with E-state index >= 15 is 0 Å². The van der Waals surface area contributed by atoms with Crippen LogP contribution in [0.5, 0.6) is 0 Å². The van der Waals surface area contributed by atoms with Gasteiger partial charge >= 0.3 is 154 Å². The fourth-order valence-corrected chi connectivity index (χ4v) is 4.08. The molecular weight excluding hydrogens is 402 g/mol. The average Bonchev–Trinajstić information content (AvgIpc) is 2.44. The third-order valence-corrected chi connectivity index (χ3v) is 5.37. The van der Waals surface area contributed by atoms with Crippen LogP contribution >= 0.6 is 23.2 Å². The number of hydrogen-bond donors (Lipinski definition) is 0. The molecule has 0 amide bonds. The van der Waals surface area contributed by atoms with Gasteiger partial charge in [-0.3, -0.25) is 0 Å². The Kier molecular flexibility index (Phi) is 7.92. The molecule has 1 aromatic carbocycles. The summed E-state index contributed by atoms with van der Waals surface area (Å²) in [6.07, 6.45) is 0.504. The first kappa shape index (κ1) is 20.3. The number of carbonyl (C=O) groups is 2. The van der Waals surface area contributed by atoms with Crippen LogP contribution in [-0.2, 0) is 14.3 Å². The van der Waals surface area contributed by atoms with Crippen LogP contribution in [0.4, 0.5) is 4.79 Å². The summed E-state index contributed by atoms with van der Waals surface area (Å²) in [5, 5.41) is 1.42. The number of carbonyl (C=O) groups excluding carboxylic acids is 2. The van der Waals surface area contributed by atoms with E-state index in [1.165, 1.54) is 7.11 Å². The summed E-state index contributed by atoms with van der Waals surface area (Å²) in [5.41, 5.74) is 0.245. The monoisotopic (exact) mass is 421 g/mol. The molecule has 0 bridgehead atoms. The van der Waals surface area contributed by atoms with Crippen molar-refractivity contribution < 1.29 is 19.1 Å². The van der Waals surface area contributed by atoms with E-state index in [0.29, 0.717) is 21.7 Å². The zero-order chi connectivity index (χ0) is 17.6. The predicted octanol–water partition coefficient (Wildman–Crippen LogP) is 4.70. The maximum absolute atomic E-state index is 12.0. The number of benzene rings is 1. The molecule has 1 rings (SSSR count). The molecule has 0 aliphatic rings. The Balaban J connectivity index is 2.71. The summed E-state index contributed by atoms with van der Waals surface area (Å²) in [5.74, 6) is -0.818. The Morgan fingerprint density at radius 3 is 2.39 bits per heavy atom. The van der Waals surface area contributed by atoms with Crippen LogP contribution in [0.25, 0.3) is 0 Å². The van der Waals surface area contributed by atoms with E-state index in [9.17, 15) is 9.59 Å². The SMILES string of the molecule is COC(=O)C(CC[As]C(=O)OC(C)(C)C)c1ccc(Cl)c(Cl)c1. The van der Waals surface area contributed by atoms with Crippen molar-refractivity contribution in [2.45, 2.75) is 43.9 Å². The molecule has 0 aromatic heterocycles. The van der Waals surface area contributed by atoms with Crippen molar-refractivity contribution in [3.63, 3.8) is 0 Å². The number of methoxy groups -OCH3 is 1. The normalized spacial score (nSPS) is 13.1. The molecule has 1 radical (unpaired) electrons. The van der Waals surface area contributed by atoms with Gasteiger partial charge in [0.25, 0.3) is 0 Å². The van der Waals surface area contributed by atoms with Crippen LogP contribution in [0, 0.1) is 0 Å². The van der Waals surface area contributed by atoms with Crippen LogP contribution in [0.1, 0.15) is 38.7 Å². The molecule has 0 heterocycles. The number of hydrogen-bond acceptors (Lipinski definition) is 4. The van der Waals surface area contributed by atoms with E-state index in [2.05, 4.69) is 0 Å². The van der Waals surface area contributed by atoms with Crippen molar-refractivity contribution in [2.24, 2.45) is 0 Å². The van der Waals surface area contributed by atoms with Gasteiger partial charge in [0.1, 0.15) is 0 Å². The topological polar surface area (TPSA) is 52.6 Å². The van der Waals surface area contributed by atoms with Crippen molar-refractivity contribution in [3.8, 4) is 0 Å². The molecule has 0 fully saturated rings. The molecule has 1 unspecified atom stereocenters. The van der Waals surface area contributed by atoms with E-state index in [1.54, 1.807) is 18.2 Å². The molecule has 7 heteroatoms. The van der Waals surface area contributed by atoms with Crippen molar-refractivity contribution in [1.29, 1.82) is 0 Å². The molecule has 0 spiro atoms. The number of halogens is 2. The molecule has 4 nitrogen and oxygen atoms in total. The van der Waals surface area contributed by atoms with Gasteiger partial charge in [-0.25, -0.2) is 0 Å². The van der Waals surface area contributed by atoms with Gasteiger partial charge in [-0.05, 0) is 0 Å². The molecule has 0 N–H and O–H groups in total. The van der Waals surface area contributed by atoms with E-state index in [4.69, 9.17) is 32.7 Å². The molecular formula is C16H20AsCl2O4. The Bertz CT molecular complexity index is 570. The minimum atomic E-state index is -0.648. The minimum absolute atomic E-state index is 0.188. The van der Waals surface area contributed by atoms with Gasteiger partial charge in [0.15, 0.2) is 0 Å². The fraction of sp³-hybridized carbons (Fsp3) is 0.500. The molecule has 1 atom stereocenters. The quantitative estimate of drug-likeness (QED) is 0.493. The molecule has 127 valence electrons. The van der Waals surface area contributed by atoms with Crippen molar-refractivity contribution in [1.82, 2.24) is 0 Å². The van der Waals surface area contributed by atoms with Crippen LogP contribution in [0.2, 0.25) is 15.3 Å². The molecule has 1 aromatic rings. The number of esters is 1. The summed E-state index contributed by atoms with van der Waals surface area (Å²) >= 11 is 11.3. The summed E-state index contributed by atoms with van der Waals surface area (Å²) < 4.78 is 9.96. The second-order valence-electron chi connectivity index (χ2n) is 5.90. The number of ether oxygens (including phenoxy) is 2. The standard InChI is InChI=1S/C16H20AsCl2O4/c1-16(2,3)23-15(21)17-8-7-11(14(20)22-4)10-5-6-12(18)13(19)9-10/h5-6,9,11H,7-8H2,1-4H3. The first-order valence-corrected chi connectivity index (χ1v) is 10.1. The molecule has 0 aliphatic carbocycles. The average molecular weight is 422 g/mol. The third-order valence-electron chi connectivity index (χ3n) is 2.88. The maximum atomic E-state index is 12.0.